The molecule has 1 aromatic rings. The number of rotatable bonds is 0. The van der Waals surface area contributed by atoms with Gasteiger partial charge in [0.05, 0.1) is 0 Å². The number of hydrogen-bond acceptors (Lipinski definition) is 1. The lowest BCUT2D eigenvalue weighted by molar-refractivity contribution is 0.643. The van der Waals surface area contributed by atoms with Gasteiger partial charge in [0.25, 0.3) is 0 Å². The number of nitrogens with one attached hydrogen (secondary N) is 1. The van der Waals surface area contributed by atoms with Crippen LogP contribution in [0.4, 0.5) is 0 Å². The van der Waals surface area contributed by atoms with Gasteiger partial charge in [-0.3, -0.25) is 0 Å². The highest BCUT2D eigenvalue weighted by molar-refractivity contribution is 5.32. The van der Waals surface area contributed by atoms with E-state index in [1.807, 2.05) is 27.7 Å². The lowest BCUT2D eigenvalue weighted by atomic mass is 9.99. The highest BCUT2D eigenvalue weighted by Gasteiger charge is 2.06. The molecule has 1 aliphatic rings. The summed E-state index contributed by atoms with van der Waals surface area (Å²) in [6, 6.07) is 6.73. The van der Waals surface area contributed by atoms with Crippen molar-refractivity contribution >= 4 is 0 Å². The van der Waals surface area contributed by atoms with Gasteiger partial charge in [-0.1, -0.05) is 51.5 Å². The van der Waals surface area contributed by atoms with Crippen LogP contribution in [-0.2, 0) is 13.0 Å². The first-order valence-corrected chi connectivity index (χ1v) is 6.15. The zero-order valence-corrected chi connectivity index (χ0v) is 10.9. The van der Waals surface area contributed by atoms with Crippen molar-refractivity contribution in [1.29, 1.82) is 0 Å². The van der Waals surface area contributed by atoms with Gasteiger partial charge < -0.3 is 5.32 Å². The molecule has 1 heterocycles. The summed E-state index contributed by atoms with van der Waals surface area (Å²) in [5.41, 5.74) is 4.37. The zero-order chi connectivity index (χ0) is 11.7. The summed E-state index contributed by atoms with van der Waals surface area (Å²) in [6.07, 6.45) is 1.19. The molecule has 0 radical (unpaired) electrons. The number of benzene rings is 1. The summed E-state index contributed by atoms with van der Waals surface area (Å²) in [6.45, 7) is 12.3. The topological polar surface area (TPSA) is 12.0 Å². The molecular weight excluding hydrogens is 182 g/mol. The van der Waals surface area contributed by atoms with Crippen molar-refractivity contribution < 1.29 is 0 Å². The quantitative estimate of drug-likeness (QED) is 0.684. The van der Waals surface area contributed by atoms with Gasteiger partial charge in [0.1, 0.15) is 0 Å². The molecule has 15 heavy (non-hydrogen) atoms. The molecule has 86 valence electrons. The molecule has 0 aliphatic carbocycles. The zero-order valence-electron chi connectivity index (χ0n) is 10.9. The number of fused-ring (bicyclic) bond motifs is 1. The second kappa shape index (κ2) is 8.49. The second-order valence-corrected chi connectivity index (χ2v) is 3.20. The van der Waals surface area contributed by atoms with Crippen LogP contribution < -0.4 is 5.32 Å². The molecule has 0 aromatic heterocycles. The Labute approximate surface area is 94.9 Å². The fraction of sp³-hybridized carbons (Fsp3) is 0.571. The van der Waals surface area contributed by atoms with Gasteiger partial charge in [-0.25, -0.2) is 0 Å². The summed E-state index contributed by atoms with van der Waals surface area (Å²) in [7, 11) is 0. The fourth-order valence-corrected chi connectivity index (χ4v) is 1.61. The minimum Gasteiger partial charge on any atom is -0.312 e. The van der Waals surface area contributed by atoms with Crippen molar-refractivity contribution in [2.24, 2.45) is 0 Å². The van der Waals surface area contributed by atoms with Gasteiger partial charge in [0, 0.05) is 6.54 Å². The lowest BCUT2D eigenvalue weighted by Crippen LogP contribution is -2.23. The third-order valence-corrected chi connectivity index (χ3v) is 2.25. The Morgan fingerprint density at radius 3 is 2.33 bits per heavy atom. The van der Waals surface area contributed by atoms with Crippen LogP contribution in [-0.4, -0.2) is 6.54 Å². The minimum atomic E-state index is 1.05. The molecule has 1 heteroatoms. The van der Waals surface area contributed by atoms with Gasteiger partial charge in [0.2, 0.25) is 0 Å². The largest absolute Gasteiger partial charge is 0.312 e. The van der Waals surface area contributed by atoms with Crippen LogP contribution in [0.5, 0.6) is 0 Å². The normalized spacial score (nSPS) is 12.6. The van der Waals surface area contributed by atoms with Crippen molar-refractivity contribution in [3.8, 4) is 0 Å². The summed E-state index contributed by atoms with van der Waals surface area (Å²) in [5.74, 6) is 0. The first-order chi connectivity index (χ1) is 7.36. The molecule has 0 amide bonds. The highest BCUT2D eigenvalue weighted by Crippen LogP contribution is 2.14. The first-order valence-electron chi connectivity index (χ1n) is 6.15. The lowest BCUT2D eigenvalue weighted by Gasteiger charge is -2.16. The Balaban J connectivity index is 0.000000442. The molecule has 1 nitrogen and oxygen atoms in total. The maximum absolute atomic E-state index is 3.37. The molecule has 0 unspecified atom stereocenters. The molecule has 1 aliphatic heterocycles. The van der Waals surface area contributed by atoms with Crippen LogP contribution in [0.25, 0.3) is 0 Å². The first kappa shape index (κ1) is 14.2. The molecule has 2 rings (SSSR count). The van der Waals surface area contributed by atoms with Crippen LogP contribution in [0.1, 0.15) is 44.4 Å². The van der Waals surface area contributed by atoms with Crippen LogP contribution in [0.15, 0.2) is 18.2 Å². The van der Waals surface area contributed by atoms with Crippen molar-refractivity contribution in [3.63, 3.8) is 0 Å². The van der Waals surface area contributed by atoms with Gasteiger partial charge in [-0.15, -0.1) is 0 Å². The molecule has 0 bridgehead atoms. The molecule has 0 fully saturated rings. The molecule has 1 N–H and O–H groups in total. The minimum absolute atomic E-state index is 1.05. The molecule has 1 aromatic carbocycles. The van der Waals surface area contributed by atoms with E-state index >= 15 is 0 Å². The van der Waals surface area contributed by atoms with E-state index in [1.165, 1.54) is 23.1 Å². The monoisotopic (exact) mass is 207 g/mol. The molecule has 0 saturated carbocycles. The van der Waals surface area contributed by atoms with Crippen LogP contribution >= 0.6 is 0 Å². The number of hydrogen-bond donors (Lipinski definition) is 1. The predicted molar refractivity (Wildman–Crippen MR) is 69.3 cm³/mol. The smallest absolute Gasteiger partial charge is 0.0208 e. The Morgan fingerprint density at radius 1 is 1.00 bits per heavy atom. The highest BCUT2D eigenvalue weighted by atomic mass is 14.9. The van der Waals surface area contributed by atoms with E-state index < -0.39 is 0 Å². The maximum Gasteiger partial charge on any atom is 0.0208 e. The number of aryl methyl sites for hydroxylation is 1. The maximum atomic E-state index is 3.37. The van der Waals surface area contributed by atoms with E-state index in [0.29, 0.717) is 0 Å². The van der Waals surface area contributed by atoms with E-state index in [9.17, 15) is 0 Å². The van der Waals surface area contributed by atoms with Crippen molar-refractivity contribution in [3.05, 3.63) is 34.9 Å². The van der Waals surface area contributed by atoms with Crippen LogP contribution in [0, 0.1) is 6.92 Å². The second-order valence-electron chi connectivity index (χ2n) is 3.20. The molecule has 0 spiro atoms. The van der Waals surface area contributed by atoms with E-state index in [4.69, 9.17) is 0 Å². The van der Waals surface area contributed by atoms with Crippen molar-refractivity contribution in [1.82, 2.24) is 5.32 Å². The molecule has 0 saturated heterocycles. The fourth-order valence-electron chi connectivity index (χ4n) is 1.61. The SMILES string of the molecule is CC.CC.Cc1ccc2c(c1)CNCC2. The Bertz CT molecular complexity index is 266. The van der Waals surface area contributed by atoms with Crippen LogP contribution in [0.2, 0.25) is 0 Å². The standard InChI is InChI=1S/C10H13N.2C2H6/c1-8-2-3-9-4-5-11-7-10(9)6-8;2*1-2/h2-3,6,11H,4-5,7H2,1H3;2*1-2H3. The summed E-state index contributed by atoms with van der Waals surface area (Å²) < 4.78 is 0. The Morgan fingerprint density at radius 2 is 1.67 bits per heavy atom. The third-order valence-electron chi connectivity index (χ3n) is 2.25. The van der Waals surface area contributed by atoms with E-state index in [-0.39, 0.29) is 0 Å². The summed E-state index contributed by atoms with van der Waals surface area (Å²) in [4.78, 5) is 0. The summed E-state index contributed by atoms with van der Waals surface area (Å²) in [5, 5.41) is 3.37. The van der Waals surface area contributed by atoms with Gasteiger partial charge in [-0.2, -0.15) is 0 Å². The Kier molecular flexibility index (Phi) is 8.02. The van der Waals surface area contributed by atoms with E-state index in [2.05, 4.69) is 30.4 Å². The van der Waals surface area contributed by atoms with Crippen molar-refractivity contribution in [2.75, 3.05) is 6.54 Å². The van der Waals surface area contributed by atoms with Gasteiger partial charge in [0.15, 0.2) is 0 Å². The summed E-state index contributed by atoms with van der Waals surface area (Å²) >= 11 is 0. The van der Waals surface area contributed by atoms with E-state index in [1.54, 1.807) is 0 Å². The van der Waals surface area contributed by atoms with Crippen LogP contribution in [0.3, 0.4) is 0 Å². The van der Waals surface area contributed by atoms with Crippen molar-refractivity contribution in [2.45, 2.75) is 47.6 Å². The molecular formula is C14H25N. The average Bonchev–Trinajstić information content (AvgIpc) is 2.34. The predicted octanol–water partition coefficient (Wildman–Crippen LogP) is 3.69. The molecule has 0 atom stereocenters. The average molecular weight is 207 g/mol. The van der Waals surface area contributed by atoms with E-state index in [0.717, 1.165) is 13.1 Å². The van der Waals surface area contributed by atoms with Gasteiger partial charge >= 0.3 is 0 Å². The Hall–Kier alpha value is -0.820. The van der Waals surface area contributed by atoms with Gasteiger partial charge in [-0.05, 0) is 31.0 Å². The third kappa shape index (κ3) is 4.48.